The van der Waals surface area contributed by atoms with Crippen LogP contribution in [0.2, 0.25) is 5.02 Å². The first-order valence-corrected chi connectivity index (χ1v) is 18.7. The highest BCUT2D eigenvalue weighted by Crippen LogP contribution is 2.49. The van der Waals surface area contributed by atoms with Crippen molar-refractivity contribution in [2.24, 2.45) is 5.92 Å². The maximum atomic E-state index is 17.0. The molecule has 4 aromatic rings. The number of hydrogen-bond acceptors (Lipinski definition) is 10. The molecule has 6 aliphatic rings. The predicted molar refractivity (Wildman–Crippen MR) is 184 cm³/mol. The molecule has 5 aliphatic heterocycles. The zero-order valence-corrected chi connectivity index (χ0v) is 29.0. The third-order valence-corrected chi connectivity index (χ3v) is 13.5. The summed E-state index contributed by atoms with van der Waals surface area (Å²) in [5.41, 5.74) is 5.58. The molecule has 10 nitrogen and oxygen atoms in total. The molecule has 0 bridgehead atoms. The first-order valence-electron chi connectivity index (χ1n) is 17.6. The number of anilines is 1. The monoisotopic (exact) mass is 736 g/mol. The summed E-state index contributed by atoms with van der Waals surface area (Å²) in [7, 11) is 0. The number of nitrogen functional groups attached to an aromatic ring is 1. The van der Waals surface area contributed by atoms with Gasteiger partial charge in [-0.25, -0.2) is 22.4 Å². The quantitative estimate of drug-likeness (QED) is 0.178. The van der Waals surface area contributed by atoms with Crippen molar-refractivity contribution in [2.45, 2.75) is 74.5 Å². The Balaban J connectivity index is 1.04. The summed E-state index contributed by atoms with van der Waals surface area (Å²) in [6.07, 6.45) is 3.67. The van der Waals surface area contributed by atoms with E-state index in [9.17, 15) is 18.8 Å². The normalized spacial score (nSPS) is 32.3. The van der Waals surface area contributed by atoms with Gasteiger partial charge in [-0.1, -0.05) is 17.7 Å². The molecular formula is C36H34ClF3N7O3S+. The third-order valence-electron chi connectivity index (χ3n) is 12.2. The molecular weight excluding hydrogens is 703 g/mol. The second kappa shape index (κ2) is 11.1. The highest BCUT2D eigenvalue weighted by molar-refractivity contribution is 7.23. The fraction of sp³-hybridized carbons (Fsp3) is 0.500. The SMILES string of the molecule is N#Cc1c(N)sc2c(F)ccc(-c3c(Cl)cc4c(O[C@@H]5C[C@@H]6C[N+]6(C(=O)[C@H]6N[C@H]6C6CC6)C5)nc(OC[C@@]56CCCN5C[C@H](F)C6)nc4c3F)c12. The van der Waals surface area contributed by atoms with E-state index in [4.69, 9.17) is 26.8 Å². The second-order valence-electron chi connectivity index (χ2n) is 15.2. The van der Waals surface area contributed by atoms with E-state index in [-0.39, 0.29) is 96.3 Å². The van der Waals surface area contributed by atoms with Crippen LogP contribution in [0.1, 0.15) is 44.1 Å². The van der Waals surface area contributed by atoms with Gasteiger partial charge in [0, 0.05) is 36.4 Å². The van der Waals surface area contributed by atoms with Crippen LogP contribution < -0.4 is 20.5 Å². The topological polar surface area (TPSA) is 136 Å². The Bertz CT molecular complexity index is 2230. The maximum absolute atomic E-state index is 17.0. The smallest absolute Gasteiger partial charge is 0.333 e. The van der Waals surface area contributed by atoms with Crippen LogP contribution in [0.3, 0.4) is 0 Å². The zero-order chi connectivity index (χ0) is 35.0. The fourth-order valence-electron chi connectivity index (χ4n) is 9.40. The Labute approximate surface area is 299 Å². The Morgan fingerprint density at radius 3 is 2.92 bits per heavy atom. The highest BCUT2D eigenvalue weighted by Gasteiger charge is 2.71. The molecule has 1 unspecified atom stereocenters. The standard InChI is InChI=1S/C36H34ClF3N7O3S/c37-23-9-21-29(27(40)26(23)20-4-5-24(39)31-25(20)22(11-41)32(42)51-31)44-35(49-15-36-6-1-7-46(36)12-17(38)10-36)45-33(21)50-19-8-18-13-47(18,14-19)34(48)30-28(43-30)16-2-3-16/h4-5,9,16-19,28,30,43H,1-3,6-8,10,12-15,42H2/q+1/t17-,18-,19-,28+,30+,36+,47?/m1/s1. The number of fused-ring (bicyclic) bond motifs is 4. The van der Waals surface area contributed by atoms with Gasteiger partial charge in [-0.15, -0.1) is 11.3 Å². The molecule has 10 rings (SSSR count). The first kappa shape index (κ1) is 32.0. The lowest BCUT2D eigenvalue weighted by molar-refractivity contribution is -0.724. The summed E-state index contributed by atoms with van der Waals surface area (Å²) in [5, 5.41) is 13.7. The molecule has 51 heavy (non-hydrogen) atoms. The molecule has 7 atom stereocenters. The third kappa shape index (κ3) is 4.88. The lowest BCUT2D eigenvalue weighted by Crippen LogP contribution is -2.43. The van der Waals surface area contributed by atoms with Crippen molar-refractivity contribution >= 4 is 54.8 Å². The summed E-state index contributed by atoms with van der Waals surface area (Å²) in [6, 6.07) is 6.32. The van der Waals surface area contributed by atoms with Crippen LogP contribution in [0.4, 0.5) is 18.2 Å². The van der Waals surface area contributed by atoms with Crippen LogP contribution in [-0.4, -0.2) is 94.0 Å². The molecule has 7 heterocycles. The van der Waals surface area contributed by atoms with Crippen molar-refractivity contribution in [2.75, 3.05) is 38.5 Å². The van der Waals surface area contributed by atoms with Crippen LogP contribution in [-0.2, 0) is 4.79 Å². The van der Waals surface area contributed by atoms with Gasteiger partial charge < -0.3 is 15.2 Å². The minimum Gasteiger partial charge on any atom is -0.467 e. The number of nitrogens with zero attached hydrogens (tertiary/aromatic N) is 5. The molecule has 15 heteroatoms. The number of nitriles is 1. The predicted octanol–water partition coefficient (Wildman–Crippen LogP) is 5.48. The summed E-state index contributed by atoms with van der Waals surface area (Å²) in [6.45, 7) is 2.51. The number of thiophene rings is 1. The lowest BCUT2D eigenvalue weighted by atomic mass is 9.95. The largest absolute Gasteiger partial charge is 0.467 e. The van der Waals surface area contributed by atoms with Gasteiger partial charge >= 0.3 is 11.9 Å². The summed E-state index contributed by atoms with van der Waals surface area (Å²) < 4.78 is 59.7. The van der Waals surface area contributed by atoms with Crippen molar-refractivity contribution in [3.05, 3.63) is 40.4 Å². The van der Waals surface area contributed by atoms with Crippen molar-refractivity contribution in [3.63, 3.8) is 0 Å². The van der Waals surface area contributed by atoms with E-state index in [2.05, 4.69) is 20.2 Å². The van der Waals surface area contributed by atoms with Crippen LogP contribution in [0.5, 0.6) is 11.9 Å². The van der Waals surface area contributed by atoms with Crippen LogP contribution >= 0.6 is 22.9 Å². The number of quaternary nitrogens is 1. The van der Waals surface area contributed by atoms with Crippen molar-refractivity contribution in [1.82, 2.24) is 20.2 Å². The van der Waals surface area contributed by atoms with Gasteiger partial charge in [0.05, 0.1) is 26.2 Å². The molecule has 3 N–H and O–H groups in total. The maximum Gasteiger partial charge on any atom is 0.333 e. The van der Waals surface area contributed by atoms with Crippen LogP contribution in [0.25, 0.3) is 32.1 Å². The van der Waals surface area contributed by atoms with Gasteiger partial charge in [-0.05, 0) is 55.8 Å². The molecule has 0 spiro atoms. The Morgan fingerprint density at radius 1 is 1.27 bits per heavy atom. The zero-order valence-electron chi connectivity index (χ0n) is 27.4. The van der Waals surface area contributed by atoms with E-state index < -0.39 is 23.3 Å². The molecule has 6 fully saturated rings. The highest BCUT2D eigenvalue weighted by atomic mass is 35.5. The Kier molecular flexibility index (Phi) is 6.97. The average molecular weight is 737 g/mol. The number of aromatic nitrogens is 2. The van der Waals surface area contributed by atoms with E-state index in [0.29, 0.717) is 36.3 Å². The Morgan fingerprint density at radius 2 is 2.12 bits per heavy atom. The minimum atomic E-state index is -0.961. The van der Waals surface area contributed by atoms with E-state index in [1.54, 1.807) is 0 Å². The van der Waals surface area contributed by atoms with Crippen molar-refractivity contribution in [3.8, 4) is 29.1 Å². The summed E-state index contributed by atoms with van der Waals surface area (Å²) in [4.78, 5) is 24.8. The molecule has 5 saturated heterocycles. The second-order valence-corrected chi connectivity index (χ2v) is 16.7. The van der Waals surface area contributed by atoms with Gasteiger partial charge in [-0.2, -0.15) is 15.2 Å². The van der Waals surface area contributed by atoms with Crippen LogP contribution in [0.15, 0.2) is 18.2 Å². The molecule has 2 aromatic heterocycles. The molecule has 1 aliphatic carbocycles. The number of carbonyl (C=O) groups is 1. The number of rotatable bonds is 8. The van der Waals surface area contributed by atoms with Gasteiger partial charge in [0.15, 0.2) is 18.0 Å². The first-order chi connectivity index (χ1) is 24.6. The van der Waals surface area contributed by atoms with E-state index >= 15 is 4.39 Å². The van der Waals surface area contributed by atoms with Crippen molar-refractivity contribution < 1.29 is 31.9 Å². The van der Waals surface area contributed by atoms with Gasteiger partial charge in [0.2, 0.25) is 5.88 Å². The number of ether oxygens (including phenoxy) is 2. The van der Waals surface area contributed by atoms with Crippen LogP contribution in [0, 0.1) is 28.9 Å². The molecule has 1 amide bonds. The van der Waals surface area contributed by atoms with Gasteiger partial charge in [0.1, 0.15) is 54.3 Å². The lowest BCUT2D eigenvalue weighted by Gasteiger charge is -2.30. The summed E-state index contributed by atoms with van der Waals surface area (Å²) in [5.74, 6) is -0.531. The molecule has 264 valence electrons. The number of hydrogen-bond donors (Lipinski definition) is 2. The number of amides is 1. The number of nitrogens with two attached hydrogens (primary N) is 1. The minimum absolute atomic E-state index is 0.0215. The number of piperidine rings is 1. The van der Waals surface area contributed by atoms with Gasteiger partial charge in [0.25, 0.3) is 0 Å². The Hall–Kier alpha value is -3.74. The fourth-order valence-corrected chi connectivity index (χ4v) is 10.6. The number of nitrogens with one attached hydrogen (secondary N) is 1. The summed E-state index contributed by atoms with van der Waals surface area (Å²) >= 11 is 7.74. The van der Waals surface area contributed by atoms with E-state index in [1.165, 1.54) is 31.0 Å². The number of alkyl halides is 1. The molecule has 1 saturated carbocycles. The average Bonchev–Trinajstić information content (AvgIpc) is 4.05. The number of halogens is 4. The van der Waals surface area contributed by atoms with E-state index in [1.807, 2.05) is 6.07 Å². The van der Waals surface area contributed by atoms with E-state index in [0.717, 1.165) is 37.3 Å². The number of benzene rings is 2. The molecule has 2 aromatic carbocycles. The molecule has 0 radical (unpaired) electrons. The number of carbonyl (C=O) groups excluding carboxylic acids is 1. The van der Waals surface area contributed by atoms with Gasteiger partial charge in [-0.3, -0.25) is 10.2 Å². The van der Waals surface area contributed by atoms with Crippen molar-refractivity contribution in [1.29, 1.82) is 5.26 Å².